The molecule has 0 spiro atoms. The number of aromatic nitrogens is 5. The minimum Gasteiger partial charge on any atom is -0.341 e. The molecule has 0 saturated carbocycles. The molecule has 194 valence electrons. The van der Waals surface area contributed by atoms with Gasteiger partial charge < -0.3 is 4.98 Å². The van der Waals surface area contributed by atoms with Gasteiger partial charge in [0, 0.05) is 58.2 Å². The first-order valence-electron chi connectivity index (χ1n) is 13.9. The Morgan fingerprint density at radius 1 is 0.650 bits per heavy atom. The Bertz CT molecular complexity index is 2200. The SMILES string of the molecule is CC(C)C1=Nc2c(c3ccc(-c4ccc5c(c4)c4ncccc4c4nc(C(C)C)[nH]c54)cc3c3nccnc23)C1. The van der Waals surface area contributed by atoms with Gasteiger partial charge in [-0.3, -0.25) is 19.9 Å². The van der Waals surface area contributed by atoms with Gasteiger partial charge in [0.05, 0.1) is 27.8 Å². The van der Waals surface area contributed by atoms with Gasteiger partial charge in [0.15, 0.2) is 0 Å². The van der Waals surface area contributed by atoms with E-state index in [0.717, 1.165) is 78.2 Å². The average Bonchev–Trinajstić information content (AvgIpc) is 3.64. The van der Waals surface area contributed by atoms with Crippen LogP contribution in [0.15, 0.2) is 72.1 Å². The van der Waals surface area contributed by atoms with Gasteiger partial charge in [0.2, 0.25) is 0 Å². The van der Waals surface area contributed by atoms with Gasteiger partial charge in [-0.05, 0) is 52.3 Å². The van der Waals surface area contributed by atoms with Gasteiger partial charge in [-0.1, -0.05) is 52.0 Å². The molecule has 0 saturated heterocycles. The summed E-state index contributed by atoms with van der Waals surface area (Å²) < 4.78 is 0. The molecule has 1 aliphatic rings. The summed E-state index contributed by atoms with van der Waals surface area (Å²) in [5.41, 5.74) is 10.5. The Balaban J connectivity index is 1.37. The first-order chi connectivity index (χ1) is 19.5. The lowest BCUT2D eigenvalue weighted by Gasteiger charge is -2.12. The van der Waals surface area contributed by atoms with Crippen LogP contribution in [0.25, 0.3) is 65.6 Å². The summed E-state index contributed by atoms with van der Waals surface area (Å²) in [5.74, 6) is 1.70. The maximum atomic E-state index is 5.01. The number of rotatable bonds is 3. The average molecular weight is 521 g/mol. The molecule has 0 unspecified atom stereocenters. The zero-order valence-electron chi connectivity index (χ0n) is 22.9. The topological polar surface area (TPSA) is 79.7 Å². The van der Waals surface area contributed by atoms with Crippen LogP contribution in [0.3, 0.4) is 0 Å². The molecule has 6 nitrogen and oxygen atoms in total. The number of fused-ring (bicyclic) bond motifs is 12. The van der Waals surface area contributed by atoms with Gasteiger partial charge in [0.1, 0.15) is 11.3 Å². The van der Waals surface area contributed by atoms with E-state index in [2.05, 4.69) is 75.1 Å². The molecule has 1 N–H and O–H groups in total. The van der Waals surface area contributed by atoms with Gasteiger partial charge in [-0.25, -0.2) is 4.98 Å². The number of benzene rings is 4. The predicted octanol–water partition coefficient (Wildman–Crippen LogP) is 8.44. The fourth-order valence-corrected chi connectivity index (χ4v) is 6.16. The van der Waals surface area contributed by atoms with E-state index >= 15 is 0 Å². The lowest BCUT2D eigenvalue weighted by atomic mass is 9.92. The van der Waals surface area contributed by atoms with E-state index in [4.69, 9.17) is 24.9 Å². The molecular weight excluding hydrogens is 492 g/mol. The molecule has 6 heteroatoms. The van der Waals surface area contributed by atoms with Crippen molar-refractivity contribution in [1.82, 2.24) is 24.9 Å². The van der Waals surface area contributed by atoms with E-state index in [1.165, 1.54) is 16.7 Å². The van der Waals surface area contributed by atoms with Crippen molar-refractivity contribution >= 4 is 65.9 Å². The normalized spacial score (nSPS) is 13.5. The molecule has 0 aliphatic carbocycles. The van der Waals surface area contributed by atoms with Crippen LogP contribution < -0.4 is 0 Å². The Morgan fingerprint density at radius 3 is 2.10 bits per heavy atom. The molecule has 40 heavy (non-hydrogen) atoms. The monoisotopic (exact) mass is 520 g/mol. The molecule has 0 atom stereocenters. The predicted molar refractivity (Wildman–Crippen MR) is 165 cm³/mol. The van der Waals surface area contributed by atoms with E-state index in [-0.39, 0.29) is 0 Å². The van der Waals surface area contributed by atoms with Crippen molar-refractivity contribution in [2.45, 2.75) is 40.0 Å². The highest BCUT2D eigenvalue weighted by Gasteiger charge is 2.24. The van der Waals surface area contributed by atoms with E-state index in [1.54, 1.807) is 12.4 Å². The molecule has 0 fully saturated rings. The second kappa shape index (κ2) is 8.39. The number of hydrogen-bond acceptors (Lipinski definition) is 5. The van der Waals surface area contributed by atoms with Crippen LogP contribution in [0.1, 0.15) is 45.0 Å². The van der Waals surface area contributed by atoms with Crippen molar-refractivity contribution in [3.05, 3.63) is 78.5 Å². The minimum absolute atomic E-state index is 0.312. The van der Waals surface area contributed by atoms with E-state index < -0.39 is 0 Å². The molecule has 4 aromatic carbocycles. The van der Waals surface area contributed by atoms with Crippen molar-refractivity contribution in [1.29, 1.82) is 0 Å². The summed E-state index contributed by atoms with van der Waals surface area (Å²) in [7, 11) is 0. The lowest BCUT2D eigenvalue weighted by Crippen LogP contribution is -2.06. The molecule has 3 aromatic heterocycles. The highest BCUT2D eigenvalue weighted by molar-refractivity contribution is 6.23. The standard InChI is InChI=1S/C34H28N6/c1-17(2)27-16-26-21-9-7-19(14-24(21)29-33(32(26)38-27)37-13-12-36-29)20-8-10-22-25(15-20)28-23(6-5-11-35-28)31-30(22)39-34(40-31)18(3)4/h5-15,17-18H,16H2,1-4H3,(H,39,40). The maximum absolute atomic E-state index is 5.01. The summed E-state index contributed by atoms with van der Waals surface area (Å²) in [6, 6.07) is 17.5. The third-order valence-electron chi connectivity index (χ3n) is 8.30. The highest BCUT2D eigenvalue weighted by atomic mass is 14.9. The number of aliphatic imine (C=N–C) groups is 1. The largest absolute Gasteiger partial charge is 0.341 e. The molecule has 7 aromatic rings. The molecular formula is C34H28N6. The Kier molecular flexibility index (Phi) is 4.87. The van der Waals surface area contributed by atoms with Crippen molar-refractivity contribution in [2.75, 3.05) is 0 Å². The number of hydrogen-bond donors (Lipinski definition) is 1. The quantitative estimate of drug-likeness (QED) is 0.237. The smallest absolute Gasteiger partial charge is 0.115 e. The van der Waals surface area contributed by atoms with Crippen LogP contribution in [0.2, 0.25) is 0 Å². The molecule has 0 radical (unpaired) electrons. The van der Waals surface area contributed by atoms with Crippen LogP contribution in [0, 0.1) is 5.92 Å². The number of imidazole rings is 1. The number of nitrogens with one attached hydrogen (secondary N) is 1. The van der Waals surface area contributed by atoms with Crippen molar-refractivity contribution < 1.29 is 0 Å². The van der Waals surface area contributed by atoms with Crippen LogP contribution >= 0.6 is 0 Å². The molecule has 4 heterocycles. The minimum atomic E-state index is 0.312. The Morgan fingerprint density at radius 2 is 1.35 bits per heavy atom. The third kappa shape index (κ3) is 3.25. The zero-order valence-corrected chi connectivity index (χ0v) is 22.9. The van der Waals surface area contributed by atoms with Crippen LogP contribution in [0.4, 0.5) is 5.69 Å². The first kappa shape index (κ1) is 23.2. The highest BCUT2D eigenvalue weighted by Crippen LogP contribution is 2.43. The van der Waals surface area contributed by atoms with Crippen molar-refractivity contribution in [3.63, 3.8) is 0 Å². The van der Waals surface area contributed by atoms with Crippen molar-refractivity contribution in [2.24, 2.45) is 10.9 Å². The first-order valence-corrected chi connectivity index (χ1v) is 13.9. The number of aromatic amines is 1. The zero-order chi connectivity index (χ0) is 27.1. The van der Waals surface area contributed by atoms with Gasteiger partial charge in [-0.2, -0.15) is 0 Å². The summed E-state index contributed by atoms with van der Waals surface area (Å²) in [4.78, 5) is 27.9. The molecule has 0 bridgehead atoms. The van der Waals surface area contributed by atoms with Gasteiger partial charge in [0.25, 0.3) is 0 Å². The van der Waals surface area contributed by atoms with E-state index in [0.29, 0.717) is 11.8 Å². The van der Waals surface area contributed by atoms with Gasteiger partial charge in [-0.15, -0.1) is 0 Å². The Hall–Kier alpha value is -4.71. The summed E-state index contributed by atoms with van der Waals surface area (Å²) >= 11 is 0. The molecule has 1 aliphatic heterocycles. The summed E-state index contributed by atoms with van der Waals surface area (Å²) in [6.45, 7) is 8.74. The van der Waals surface area contributed by atoms with Crippen molar-refractivity contribution in [3.8, 4) is 11.1 Å². The van der Waals surface area contributed by atoms with Crippen LogP contribution in [0.5, 0.6) is 0 Å². The summed E-state index contributed by atoms with van der Waals surface area (Å²) in [5, 5.41) is 5.65. The summed E-state index contributed by atoms with van der Waals surface area (Å²) in [6.07, 6.45) is 6.27. The fourth-order valence-electron chi connectivity index (χ4n) is 6.16. The third-order valence-corrected chi connectivity index (χ3v) is 8.30. The second-order valence-corrected chi connectivity index (χ2v) is 11.4. The van der Waals surface area contributed by atoms with Gasteiger partial charge >= 0.3 is 0 Å². The van der Waals surface area contributed by atoms with E-state index in [9.17, 15) is 0 Å². The second-order valence-electron chi connectivity index (χ2n) is 11.4. The number of nitrogens with zero attached hydrogens (tertiary/aromatic N) is 5. The molecule has 8 rings (SSSR count). The molecule has 0 amide bonds. The fraction of sp³-hybridized carbons (Fsp3) is 0.206. The Labute approximate surface area is 231 Å². The maximum Gasteiger partial charge on any atom is 0.115 e. The lowest BCUT2D eigenvalue weighted by molar-refractivity contribution is 0.799. The van der Waals surface area contributed by atoms with Crippen LogP contribution in [-0.2, 0) is 6.42 Å². The number of pyridine rings is 1. The van der Waals surface area contributed by atoms with Crippen LogP contribution in [-0.4, -0.2) is 30.6 Å². The van der Waals surface area contributed by atoms with E-state index in [1.807, 2.05) is 12.3 Å². The number of H-pyrrole nitrogens is 1.